The fourth-order valence-electron chi connectivity index (χ4n) is 3.82. The largest absolute Gasteiger partial charge is 0.508 e. The number of carboxylic acids is 1. The molecule has 2 aromatic rings. The molecule has 0 spiro atoms. The van der Waals surface area contributed by atoms with Crippen LogP contribution in [0.1, 0.15) is 45.0 Å². The summed E-state index contributed by atoms with van der Waals surface area (Å²) in [5.41, 5.74) is 2.10. The number of rotatable bonds is 3. The molecule has 38 heavy (non-hydrogen) atoms. The maximum atomic E-state index is 11.7. The zero-order valence-corrected chi connectivity index (χ0v) is 18.9. The van der Waals surface area contributed by atoms with Crippen molar-refractivity contribution in [3.05, 3.63) is 76.5 Å². The van der Waals surface area contributed by atoms with Crippen molar-refractivity contribution in [2.45, 2.75) is 34.6 Å². The third kappa shape index (κ3) is 5.86. The number of aromatic hydroxyl groups is 1. The Balaban J connectivity index is 0.000000333. The fourth-order valence-corrected chi connectivity index (χ4v) is 3.82. The van der Waals surface area contributed by atoms with Crippen molar-refractivity contribution < 1.29 is 38.6 Å². The molecule has 0 atom stereocenters. The number of phenolic OH excluding ortho intramolecular Hbond substituents is 1. The summed E-state index contributed by atoms with van der Waals surface area (Å²) in [4.78, 5) is 59.5. The molecule has 2 amide bonds. The van der Waals surface area contributed by atoms with Crippen LogP contribution in [-0.4, -0.2) is 39.0 Å². The van der Waals surface area contributed by atoms with Gasteiger partial charge in [-0.15, -0.1) is 5.06 Å². The molecule has 1 fully saturated rings. The van der Waals surface area contributed by atoms with Crippen molar-refractivity contribution in [3.8, 4) is 28.2 Å². The van der Waals surface area contributed by atoms with Crippen LogP contribution in [0, 0.1) is 0 Å². The molecule has 0 aromatic heterocycles. The van der Waals surface area contributed by atoms with Crippen LogP contribution >= 0.6 is 0 Å². The van der Waals surface area contributed by atoms with Crippen molar-refractivity contribution >= 4 is 34.7 Å². The van der Waals surface area contributed by atoms with Gasteiger partial charge in [-0.1, -0.05) is 33.1 Å². The number of imide groups is 1. The number of hydrogen-bond donors (Lipinski definition) is 2. The van der Waals surface area contributed by atoms with Gasteiger partial charge < -0.3 is 19.5 Å². The monoisotopic (exact) mass is 521 g/mol. The van der Waals surface area contributed by atoms with Crippen LogP contribution in [0.4, 0.5) is 0 Å². The van der Waals surface area contributed by atoms with Gasteiger partial charge in [-0.2, -0.15) is 0 Å². The summed E-state index contributed by atoms with van der Waals surface area (Å²) in [6.07, 6.45) is 0.262. The van der Waals surface area contributed by atoms with Gasteiger partial charge in [0, 0.05) is 48.4 Å². The third-order valence-electron chi connectivity index (χ3n) is 5.33. The second kappa shape index (κ2) is 11.8. The summed E-state index contributed by atoms with van der Waals surface area (Å²) in [5.74, 6) is -2.26. The Hall–Kier alpha value is -4.99. The molecule has 10 heteroatoms. The third-order valence-corrected chi connectivity index (χ3v) is 5.33. The second-order valence-electron chi connectivity index (χ2n) is 7.83. The van der Waals surface area contributed by atoms with E-state index in [1.165, 1.54) is 30.3 Å². The summed E-state index contributed by atoms with van der Waals surface area (Å²) < 4.78 is 5.76. The molecule has 5 rings (SSSR count). The van der Waals surface area contributed by atoms with E-state index in [1.54, 1.807) is 30.3 Å². The first kappa shape index (κ1) is 29.2. The Bertz CT molecular complexity index is 1540. The molecule has 2 N–H and O–H groups in total. The molecular weight excluding hydrogens is 494 g/mol. The number of aromatic carboxylic acids is 1. The number of hydrogen-bond acceptors (Lipinski definition) is 8. The van der Waals surface area contributed by atoms with E-state index >= 15 is 0 Å². The predicted molar refractivity (Wildman–Crippen MR) is 139 cm³/mol. The van der Waals surface area contributed by atoms with Crippen LogP contribution < -0.4 is 5.43 Å². The van der Waals surface area contributed by atoms with Gasteiger partial charge in [-0.05, 0) is 35.9 Å². The van der Waals surface area contributed by atoms with Crippen molar-refractivity contribution in [1.82, 2.24) is 5.06 Å². The molecular formula is C28H27NO9. The lowest BCUT2D eigenvalue weighted by molar-refractivity contribution is -0.195. The number of carboxylic acid groups (broad SMARTS) is 1. The minimum Gasteiger partial charge on any atom is -0.508 e. The van der Waals surface area contributed by atoms with Crippen LogP contribution in [0.15, 0.2) is 69.9 Å². The molecule has 0 unspecified atom stereocenters. The van der Waals surface area contributed by atoms with E-state index in [1.807, 2.05) is 0 Å². The summed E-state index contributed by atoms with van der Waals surface area (Å²) >= 11 is 0. The van der Waals surface area contributed by atoms with Crippen LogP contribution in [0.5, 0.6) is 5.75 Å². The molecule has 0 bridgehead atoms. The van der Waals surface area contributed by atoms with Crippen molar-refractivity contribution in [2.24, 2.45) is 0 Å². The molecule has 1 saturated heterocycles. The molecule has 0 radical (unpaired) electrons. The molecule has 3 aliphatic rings. The Morgan fingerprint density at radius 1 is 0.895 bits per heavy atom. The maximum absolute atomic E-state index is 11.7. The molecule has 10 nitrogen and oxygen atoms in total. The Morgan fingerprint density at radius 3 is 2.18 bits per heavy atom. The van der Waals surface area contributed by atoms with E-state index in [2.05, 4.69) is 4.84 Å². The van der Waals surface area contributed by atoms with Crippen LogP contribution in [0.25, 0.3) is 33.4 Å². The average Bonchev–Trinajstić information content (AvgIpc) is 3.14. The van der Waals surface area contributed by atoms with Crippen LogP contribution in [0.2, 0.25) is 0 Å². The quantitative estimate of drug-likeness (QED) is 0.284. The normalized spacial score (nSPS) is 12.3. The second-order valence-corrected chi connectivity index (χ2v) is 7.83. The lowest BCUT2D eigenvalue weighted by atomic mass is 9.91. The minimum atomic E-state index is -1.04. The SMILES string of the molecule is C.C.CC(=O)ON1C(=O)CCC1=O.O=C(O)c1ccccc1-c1c2ccc(=O)cc-2oc2cc(O)ccc12. The zero-order valence-electron chi connectivity index (χ0n) is 18.9. The zero-order chi connectivity index (χ0) is 26.0. The minimum absolute atomic E-state index is 0. The number of nitrogens with zero attached hydrogens (tertiary/aromatic N) is 1. The number of carbonyl (C=O) groups is 4. The summed E-state index contributed by atoms with van der Waals surface area (Å²) in [7, 11) is 0. The average molecular weight is 522 g/mol. The number of carbonyl (C=O) groups excluding carboxylic acids is 3. The van der Waals surface area contributed by atoms with Gasteiger partial charge in [0.1, 0.15) is 17.1 Å². The van der Waals surface area contributed by atoms with Crippen molar-refractivity contribution in [3.63, 3.8) is 0 Å². The first-order valence-corrected chi connectivity index (χ1v) is 10.7. The number of fused-ring (bicyclic) bond motifs is 2. The predicted octanol–water partition coefficient (Wildman–Crippen LogP) is 4.85. The Labute approximate surface area is 218 Å². The smallest absolute Gasteiger partial charge is 0.336 e. The lowest BCUT2D eigenvalue weighted by Gasteiger charge is -2.16. The van der Waals surface area contributed by atoms with Gasteiger partial charge in [0.25, 0.3) is 11.8 Å². The highest BCUT2D eigenvalue weighted by Gasteiger charge is 2.31. The lowest BCUT2D eigenvalue weighted by Crippen LogP contribution is -2.30. The van der Waals surface area contributed by atoms with Crippen molar-refractivity contribution in [2.75, 3.05) is 0 Å². The van der Waals surface area contributed by atoms with E-state index in [9.17, 15) is 34.2 Å². The molecule has 2 aromatic carbocycles. The fraction of sp³-hybridized carbons (Fsp3) is 0.179. The van der Waals surface area contributed by atoms with Gasteiger partial charge in [0.15, 0.2) is 5.43 Å². The molecule has 0 saturated carbocycles. The van der Waals surface area contributed by atoms with Gasteiger partial charge in [-0.25, -0.2) is 9.59 Å². The first-order chi connectivity index (χ1) is 17.2. The van der Waals surface area contributed by atoms with Crippen LogP contribution in [-0.2, 0) is 19.2 Å². The molecule has 2 aliphatic heterocycles. The molecule has 2 heterocycles. The summed E-state index contributed by atoms with van der Waals surface area (Å²) in [6.45, 7) is 1.14. The highest BCUT2D eigenvalue weighted by Crippen LogP contribution is 2.41. The number of benzene rings is 3. The highest BCUT2D eigenvalue weighted by molar-refractivity contribution is 6.07. The maximum Gasteiger partial charge on any atom is 0.336 e. The Morgan fingerprint density at radius 2 is 1.55 bits per heavy atom. The van der Waals surface area contributed by atoms with Crippen LogP contribution in [0.3, 0.4) is 0 Å². The van der Waals surface area contributed by atoms with E-state index in [-0.39, 0.29) is 44.4 Å². The van der Waals surface area contributed by atoms with E-state index in [4.69, 9.17) is 4.42 Å². The number of hydroxylamine groups is 2. The highest BCUT2D eigenvalue weighted by atomic mass is 16.7. The summed E-state index contributed by atoms with van der Waals surface area (Å²) in [5, 5.41) is 20.5. The van der Waals surface area contributed by atoms with E-state index in [0.717, 1.165) is 6.92 Å². The molecule has 1 aliphatic carbocycles. The van der Waals surface area contributed by atoms with E-state index in [0.29, 0.717) is 38.5 Å². The number of phenols is 1. The standard InChI is InChI=1S/C20H12O5.C6H7NO4.2CH4/c21-11-5-7-15-17(9-11)25-18-10-12(22)6-8-16(18)19(15)13-3-1-2-4-14(13)20(23)24;1-4(8)11-7-5(9)2-3-6(7)10;;/h1-10,21H,(H,23,24);2-3H2,1H3;2*1H4. The van der Waals surface area contributed by atoms with Gasteiger partial charge >= 0.3 is 11.9 Å². The van der Waals surface area contributed by atoms with Gasteiger partial charge in [-0.3, -0.25) is 14.4 Å². The van der Waals surface area contributed by atoms with Crippen molar-refractivity contribution in [1.29, 1.82) is 0 Å². The van der Waals surface area contributed by atoms with E-state index < -0.39 is 23.8 Å². The number of amides is 2. The topological polar surface area (TPSA) is 151 Å². The van der Waals surface area contributed by atoms with Gasteiger partial charge in [0.2, 0.25) is 0 Å². The Kier molecular flexibility index (Phi) is 9.10. The van der Waals surface area contributed by atoms with Gasteiger partial charge in [0.05, 0.1) is 5.56 Å². The summed E-state index contributed by atoms with van der Waals surface area (Å²) in [6, 6.07) is 15.7. The molecule has 198 valence electrons. The first-order valence-electron chi connectivity index (χ1n) is 10.7.